The van der Waals surface area contributed by atoms with E-state index in [2.05, 4.69) is 0 Å². The summed E-state index contributed by atoms with van der Waals surface area (Å²) in [6.45, 7) is 28.1. The van der Waals surface area contributed by atoms with Crippen molar-refractivity contribution in [3.8, 4) is 11.5 Å². The number of hydrogen-bond acceptors (Lipinski definition) is 5. The zero-order chi connectivity index (χ0) is 31.9. The summed E-state index contributed by atoms with van der Waals surface area (Å²) < 4.78 is 25.3. The van der Waals surface area contributed by atoms with Crippen LogP contribution in [0.2, 0.25) is 0 Å². The molecule has 0 saturated heterocycles. The summed E-state index contributed by atoms with van der Waals surface area (Å²) in [5.41, 5.74) is 3.09. The highest BCUT2D eigenvalue weighted by Crippen LogP contribution is 2.54. The molecule has 0 spiro atoms. The maximum absolute atomic E-state index is 13.6. The number of benzene rings is 2. The predicted octanol–water partition coefficient (Wildman–Crippen LogP) is 10.0. The van der Waals surface area contributed by atoms with Crippen LogP contribution in [0.25, 0.3) is 0 Å². The summed E-state index contributed by atoms with van der Waals surface area (Å²) in [5, 5.41) is 22.3. The molecule has 232 valence electrons. The van der Waals surface area contributed by atoms with Gasteiger partial charge >= 0.3 is 7.82 Å². The van der Waals surface area contributed by atoms with Gasteiger partial charge in [0.2, 0.25) is 0 Å². The largest absolute Gasteiger partial charge is 0.507 e. The summed E-state index contributed by atoms with van der Waals surface area (Å²) in [5.74, 6) is 0.490. The highest BCUT2D eigenvalue weighted by atomic mass is 31.2. The summed E-state index contributed by atoms with van der Waals surface area (Å²) in [4.78, 5) is 11.1. The number of phenols is 2. The van der Waals surface area contributed by atoms with Crippen molar-refractivity contribution < 1.29 is 28.7 Å². The molecule has 0 bridgehead atoms. The zero-order valence-electron chi connectivity index (χ0n) is 27.9. The first-order valence-corrected chi connectivity index (χ1v) is 16.3. The van der Waals surface area contributed by atoms with E-state index < -0.39 is 20.0 Å². The van der Waals surface area contributed by atoms with Crippen LogP contribution in [0.4, 0.5) is 0 Å². The van der Waals surface area contributed by atoms with Crippen molar-refractivity contribution in [2.75, 3.05) is 0 Å². The second-order valence-corrected chi connectivity index (χ2v) is 16.8. The van der Waals surface area contributed by atoms with Gasteiger partial charge in [-0.1, -0.05) is 96.9 Å². The van der Waals surface area contributed by atoms with Crippen molar-refractivity contribution in [2.24, 2.45) is 0 Å². The summed E-state index contributed by atoms with van der Waals surface area (Å²) in [7, 11) is -4.54. The molecular formula is C34H55O6P. The second-order valence-electron chi connectivity index (χ2n) is 15.4. The minimum absolute atomic E-state index is 0.245. The monoisotopic (exact) mass is 590 g/mol. The molecule has 0 aliphatic rings. The second kappa shape index (κ2) is 12.0. The van der Waals surface area contributed by atoms with E-state index in [9.17, 15) is 19.7 Å². The number of hydrogen-bond donors (Lipinski definition) is 3. The Balaban J connectivity index is 2.56. The molecule has 7 heteroatoms. The van der Waals surface area contributed by atoms with Gasteiger partial charge in [-0.2, -0.15) is 0 Å². The number of phenolic OH excluding ortho intramolecular Hbond substituents is 2. The maximum Gasteiger partial charge on any atom is 0.473 e. The first-order chi connectivity index (χ1) is 18.3. The van der Waals surface area contributed by atoms with E-state index in [1.54, 1.807) is 0 Å². The lowest BCUT2D eigenvalue weighted by molar-refractivity contribution is 0.0699. The summed E-state index contributed by atoms with van der Waals surface area (Å²) >= 11 is 0. The van der Waals surface area contributed by atoms with Gasteiger partial charge in [0.25, 0.3) is 0 Å². The van der Waals surface area contributed by atoms with Crippen molar-refractivity contribution in [1.29, 1.82) is 0 Å². The Morgan fingerprint density at radius 3 is 0.976 bits per heavy atom. The van der Waals surface area contributed by atoms with Crippen LogP contribution in [0.1, 0.15) is 155 Å². The summed E-state index contributed by atoms with van der Waals surface area (Å²) in [6, 6.07) is 7.50. The van der Waals surface area contributed by atoms with Crippen LogP contribution in [0.3, 0.4) is 0 Å². The van der Waals surface area contributed by atoms with Gasteiger partial charge in [0.15, 0.2) is 0 Å². The maximum atomic E-state index is 13.6. The van der Waals surface area contributed by atoms with Crippen LogP contribution in [-0.2, 0) is 35.3 Å². The van der Waals surface area contributed by atoms with E-state index in [0.717, 1.165) is 33.4 Å². The van der Waals surface area contributed by atoms with E-state index in [1.807, 2.05) is 121 Å². The fraction of sp³-hybridized carbons (Fsp3) is 0.647. The lowest BCUT2D eigenvalue weighted by Crippen LogP contribution is -2.19. The number of rotatable bonds is 8. The van der Waals surface area contributed by atoms with Crippen LogP contribution < -0.4 is 0 Å². The molecule has 2 unspecified atom stereocenters. The molecule has 0 heterocycles. The average Bonchev–Trinajstić information content (AvgIpc) is 2.78. The zero-order valence-corrected chi connectivity index (χ0v) is 28.8. The van der Waals surface area contributed by atoms with Crippen LogP contribution in [0, 0.1) is 0 Å². The van der Waals surface area contributed by atoms with Crippen LogP contribution in [-0.4, -0.2) is 15.1 Å². The van der Waals surface area contributed by atoms with Crippen molar-refractivity contribution in [1.82, 2.24) is 0 Å². The highest BCUT2D eigenvalue weighted by Gasteiger charge is 2.35. The SMILES string of the molecule is CCC(OP(=O)(O)OC(CC)c1cc(C(C)(C)C)c(O)c(C(C)(C)C)c1)c1cc(C(C)(C)C)c(O)c(C(C)(C)C)c1. The van der Waals surface area contributed by atoms with Gasteiger partial charge in [-0.05, 0) is 92.1 Å². The molecule has 0 saturated carbocycles. The third-order valence-electron chi connectivity index (χ3n) is 7.50. The quantitative estimate of drug-likeness (QED) is 0.265. The van der Waals surface area contributed by atoms with Crippen molar-refractivity contribution in [3.05, 3.63) is 57.6 Å². The molecule has 0 fully saturated rings. The van der Waals surface area contributed by atoms with Gasteiger partial charge < -0.3 is 15.1 Å². The van der Waals surface area contributed by atoms with Gasteiger partial charge in [-0.15, -0.1) is 0 Å². The Morgan fingerprint density at radius 2 is 0.805 bits per heavy atom. The van der Waals surface area contributed by atoms with Gasteiger partial charge in [0, 0.05) is 0 Å². The molecule has 2 aromatic carbocycles. The molecule has 0 radical (unpaired) electrons. The molecule has 0 aliphatic carbocycles. The first-order valence-electron chi connectivity index (χ1n) is 14.8. The number of phosphoric ester groups is 1. The van der Waals surface area contributed by atoms with E-state index in [-0.39, 0.29) is 33.2 Å². The molecule has 3 N–H and O–H groups in total. The fourth-order valence-corrected chi connectivity index (χ4v) is 6.30. The normalized spacial score (nSPS) is 16.4. The van der Waals surface area contributed by atoms with Crippen LogP contribution in [0.15, 0.2) is 24.3 Å². The topological polar surface area (TPSA) is 96.2 Å². The molecule has 0 aliphatic heterocycles. The van der Waals surface area contributed by atoms with Crippen LogP contribution >= 0.6 is 7.82 Å². The lowest BCUT2D eigenvalue weighted by atomic mass is 9.78. The van der Waals surface area contributed by atoms with E-state index >= 15 is 0 Å². The van der Waals surface area contributed by atoms with Gasteiger partial charge in [0.1, 0.15) is 11.5 Å². The molecule has 2 rings (SSSR count). The Kier molecular flexibility index (Phi) is 10.4. The Morgan fingerprint density at radius 1 is 0.585 bits per heavy atom. The molecule has 0 amide bonds. The van der Waals surface area contributed by atoms with Gasteiger partial charge in [-0.3, -0.25) is 9.05 Å². The predicted molar refractivity (Wildman–Crippen MR) is 169 cm³/mol. The number of aromatic hydroxyl groups is 2. The Bertz CT molecular complexity index is 1100. The van der Waals surface area contributed by atoms with Crippen molar-refractivity contribution in [3.63, 3.8) is 0 Å². The molecular weight excluding hydrogens is 535 g/mol. The standard InChI is InChI=1S/C34H55O6P/c1-15-27(21-17-23(31(3,4)5)29(35)24(18-21)32(6,7)8)39-41(37,38)40-28(16-2)22-19-25(33(9,10)11)30(36)26(20-22)34(12,13)14/h17-20,27-28,35-36H,15-16H2,1-14H3,(H,37,38). The van der Waals surface area contributed by atoms with E-state index in [0.29, 0.717) is 12.8 Å². The molecule has 6 nitrogen and oxygen atoms in total. The van der Waals surface area contributed by atoms with E-state index in [4.69, 9.17) is 9.05 Å². The third-order valence-corrected chi connectivity index (χ3v) is 8.54. The lowest BCUT2D eigenvalue weighted by Gasteiger charge is -2.31. The summed E-state index contributed by atoms with van der Waals surface area (Å²) in [6.07, 6.45) is -0.573. The average molecular weight is 591 g/mol. The van der Waals surface area contributed by atoms with Gasteiger partial charge in [0.05, 0.1) is 12.2 Å². The fourth-order valence-electron chi connectivity index (χ4n) is 5.06. The number of phosphoric acid groups is 1. The van der Waals surface area contributed by atoms with E-state index in [1.165, 1.54) is 0 Å². The molecule has 2 aromatic rings. The van der Waals surface area contributed by atoms with Crippen molar-refractivity contribution >= 4 is 7.82 Å². The highest BCUT2D eigenvalue weighted by molar-refractivity contribution is 7.47. The smallest absolute Gasteiger partial charge is 0.473 e. The van der Waals surface area contributed by atoms with Crippen molar-refractivity contribution in [2.45, 2.75) is 144 Å². The minimum atomic E-state index is -4.54. The Hall–Kier alpha value is -1.85. The van der Waals surface area contributed by atoms with Gasteiger partial charge in [-0.25, -0.2) is 4.57 Å². The first kappa shape index (κ1) is 35.3. The molecule has 0 aromatic heterocycles. The minimum Gasteiger partial charge on any atom is -0.507 e. The Labute approximate surface area is 249 Å². The van der Waals surface area contributed by atoms with Crippen LogP contribution in [0.5, 0.6) is 11.5 Å². The third kappa shape index (κ3) is 8.60. The molecule has 2 atom stereocenters. The molecule has 41 heavy (non-hydrogen) atoms.